The summed E-state index contributed by atoms with van der Waals surface area (Å²) in [6.07, 6.45) is 6.29. The van der Waals surface area contributed by atoms with E-state index in [-0.39, 0.29) is 51.3 Å². The van der Waals surface area contributed by atoms with E-state index >= 15 is 0 Å². The maximum atomic E-state index is 13.4. The summed E-state index contributed by atoms with van der Waals surface area (Å²) >= 11 is 11.6. The Labute approximate surface area is 348 Å². The van der Waals surface area contributed by atoms with E-state index < -0.39 is 29.4 Å². The highest BCUT2D eigenvalue weighted by Crippen LogP contribution is 2.54. The number of aliphatic carboxylic acids is 1. The van der Waals surface area contributed by atoms with Crippen molar-refractivity contribution in [3.05, 3.63) is 80.6 Å². The molecule has 0 radical (unpaired) electrons. The zero-order chi connectivity index (χ0) is 42.4. The van der Waals surface area contributed by atoms with Crippen molar-refractivity contribution in [1.82, 2.24) is 19.6 Å². The Morgan fingerprint density at radius 3 is 1.41 bits per heavy atom. The minimum atomic E-state index is -0.726. The minimum Gasteiger partial charge on any atom is -0.481 e. The lowest BCUT2D eigenvalue weighted by atomic mass is 9.93. The Kier molecular flexibility index (Phi) is 11.9. The summed E-state index contributed by atoms with van der Waals surface area (Å²) in [5.74, 6) is -0.949. The first-order valence-electron chi connectivity index (χ1n) is 19.5. The second kappa shape index (κ2) is 16.8. The molecule has 2 aromatic heterocycles. The molecule has 4 aromatic rings. The topological polar surface area (TPSA) is 209 Å². The molecule has 2 heterocycles. The van der Waals surface area contributed by atoms with Crippen LogP contribution >= 0.6 is 23.2 Å². The van der Waals surface area contributed by atoms with E-state index in [1.165, 1.54) is 52.9 Å². The van der Waals surface area contributed by atoms with Crippen LogP contribution in [0.4, 0.5) is 31.8 Å². The molecule has 2 amide bonds. The van der Waals surface area contributed by atoms with Crippen LogP contribution in [0.2, 0.25) is 10.0 Å². The van der Waals surface area contributed by atoms with Crippen molar-refractivity contribution in [3.63, 3.8) is 0 Å². The fourth-order valence-corrected chi connectivity index (χ4v) is 10.3. The molecule has 2 aromatic carbocycles. The Hall–Kier alpha value is -5.22. The summed E-state index contributed by atoms with van der Waals surface area (Å²) in [6.45, 7) is 0. The number of rotatable bonds is 8. The third kappa shape index (κ3) is 8.47. The van der Waals surface area contributed by atoms with Crippen LogP contribution in [0.1, 0.15) is 95.3 Å². The van der Waals surface area contributed by atoms with Crippen LogP contribution in [0.15, 0.2) is 36.4 Å². The Morgan fingerprint density at radius 2 is 1.07 bits per heavy atom. The predicted octanol–water partition coefficient (Wildman–Crippen LogP) is 7.39. The van der Waals surface area contributed by atoms with Gasteiger partial charge in [0.1, 0.15) is 34.4 Å². The molecule has 4 atom stereocenters. The number of esters is 1. The van der Waals surface area contributed by atoms with Crippen LogP contribution < -0.4 is 22.1 Å². The number of anilines is 4. The van der Waals surface area contributed by atoms with E-state index in [1.54, 1.807) is 14.1 Å². The van der Waals surface area contributed by atoms with Gasteiger partial charge in [-0.05, 0) is 111 Å². The second-order valence-corrected chi connectivity index (χ2v) is 17.1. The standard InChI is InChI=1S/C21H24ClFN4O3.C20H22ClFN4O3/c1-27-19(24)17(20(28)25-14-3-4-16(23)15(22)9-14)18(26-27)12-5-10-7-13(21(29)30-2)8-11(10)6-12;1-26-18(23)16(19(27)24-13-2-3-15(22)14(21)8-13)17(25-26)11-4-9-6-12(20(28)29)7-10(9)5-11/h3-4,9-13H,5-8,24H2,1-2H3,(H,25,28);2-3,8-12H,4-7,23H2,1H3,(H,24,27)(H,28,29). The first-order chi connectivity index (χ1) is 28.0. The van der Waals surface area contributed by atoms with Crippen LogP contribution in [0.5, 0.6) is 0 Å². The number of amides is 2. The van der Waals surface area contributed by atoms with Crippen LogP contribution in [-0.4, -0.2) is 55.5 Å². The van der Waals surface area contributed by atoms with Crippen molar-refractivity contribution in [2.75, 3.05) is 29.2 Å². The molecule has 7 N–H and O–H groups in total. The molecule has 59 heavy (non-hydrogen) atoms. The van der Waals surface area contributed by atoms with E-state index in [2.05, 4.69) is 20.8 Å². The predicted molar refractivity (Wildman–Crippen MR) is 217 cm³/mol. The van der Waals surface area contributed by atoms with Crippen molar-refractivity contribution >= 4 is 70.0 Å². The molecule has 4 saturated carbocycles. The van der Waals surface area contributed by atoms with Gasteiger partial charge in [-0.2, -0.15) is 10.2 Å². The molecule has 0 bridgehead atoms. The molecule has 4 aliphatic rings. The summed E-state index contributed by atoms with van der Waals surface area (Å²) in [6, 6.07) is 7.94. The Morgan fingerprint density at radius 1 is 0.695 bits per heavy atom. The van der Waals surface area contributed by atoms with Gasteiger partial charge in [0.25, 0.3) is 11.8 Å². The SMILES string of the molecule is COC(=O)C1CC2CC(c3nn(C)c(N)c3C(=O)Nc3ccc(F)c(Cl)c3)CC2C1.Cn1nc(C2CC3CC(C(=O)O)CC3C2)c(C(=O)Nc2ccc(F)c(Cl)c2)c1N. The molecule has 4 aliphatic carbocycles. The fourth-order valence-electron chi connectivity index (χ4n) is 9.93. The van der Waals surface area contributed by atoms with Gasteiger partial charge in [-0.1, -0.05) is 23.2 Å². The number of nitrogen functional groups attached to an aromatic ring is 2. The van der Waals surface area contributed by atoms with Gasteiger partial charge in [0.2, 0.25) is 0 Å². The number of methoxy groups -OCH3 is 1. The average molecular weight is 856 g/mol. The van der Waals surface area contributed by atoms with E-state index in [0.29, 0.717) is 70.4 Å². The van der Waals surface area contributed by atoms with Gasteiger partial charge in [0.15, 0.2) is 0 Å². The Bertz CT molecular complexity index is 2290. The van der Waals surface area contributed by atoms with E-state index in [4.69, 9.17) is 39.4 Å². The number of aryl methyl sites for hydroxylation is 2. The normalized spacial score (nSPS) is 25.5. The lowest BCUT2D eigenvalue weighted by Gasteiger charge is -2.14. The number of hydrogen-bond donors (Lipinski definition) is 5. The molecule has 0 saturated heterocycles. The second-order valence-electron chi connectivity index (χ2n) is 16.3. The maximum absolute atomic E-state index is 13.4. The lowest BCUT2D eigenvalue weighted by molar-refractivity contribution is -0.145. The molecule has 314 valence electrons. The summed E-state index contributed by atoms with van der Waals surface area (Å²) in [5, 5.41) is 23.6. The van der Waals surface area contributed by atoms with E-state index in [0.717, 1.165) is 38.5 Å². The number of carboxylic acids is 1. The molecule has 18 heteroatoms. The number of nitrogens with two attached hydrogens (primary N) is 2. The van der Waals surface area contributed by atoms with Gasteiger partial charge in [-0.3, -0.25) is 28.5 Å². The summed E-state index contributed by atoms with van der Waals surface area (Å²) in [5.41, 5.74) is 15.0. The quantitative estimate of drug-likeness (QED) is 0.111. The fraction of sp³-hybridized carbons (Fsp3) is 0.463. The zero-order valence-electron chi connectivity index (χ0n) is 32.7. The number of carbonyl (C=O) groups excluding carboxylic acids is 3. The van der Waals surface area contributed by atoms with Crippen LogP contribution in [0.3, 0.4) is 0 Å². The van der Waals surface area contributed by atoms with Gasteiger partial charge in [0, 0.05) is 37.3 Å². The highest BCUT2D eigenvalue weighted by atomic mass is 35.5. The number of nitrogens with zero attached hydrogens (tertiary/aromatic N) is 4. The van der Waals surface area contributed by atoms with Crippen molar-refractivity contribution in [2.24, 2.45) is 49.6 Å². The number of benzene rings is 2. The number of aromatic nitrogens is 4. The van der Waals surface area contributed by atoms with Gasteiger partial charge < -0.3 is 31.9 Å². The third-order valence-electron chi connectivity index (χ3n) is 12.7. The van der Waals surface area contributed by atoms with E-state index in [9.17, 15) is 33.1 Å². The highest BCUT2D eigenvalue weighted by molar-refractivity contribution is 6.31. The Balaban J connectivity index is 0.000000179. The van der Waals surface area contributed by atoms with Crippen LogP contribution in [0.25, 0.3) is 0 Å². The number of hydrogen-bond acceptors (Lipinski definition) is 9. The molecule has 0 aliphatic heterocycles. The van der Waals surface area contributed by atoms with Crippen molar-refractivity contribution < 1.29 is 37.8 Å². The monoisotopic (exact) mass is 854 g/mol. The molecule has 8 rings (SSSR count). The smallest absolute Gasteiger partial charge is 0.308 e. The maximum Gasteiger partial charge on any atom is 0.308 e. The minimum absolute atomic E-state index is 0.0363. The van der Waals surface area contributed by atoms with Crippen molar-refractivity contribution in [3.8, 4) is 0 Å². The average Bonchev–Trinajstić information content (AvgIpc) is 4.03. The number of carboxylic acid groups (broad SMARTS) is 1. The van der Waals surface area contributed by atoms with E-state index in [1.807, 2.05) is 0 Å². The molecule has 0 spiro atoms. The first kappa shape index (κ1) is 41.9. The molecular weight excluding hydrogens is 809 g/mol. The summed E-state index contributed by atoms with van der Waals surface area (Å²) in [7, 11) is 4.81. The van der Waals surface area contributed by atoms with Crippen LogP contribution in [-0.2, 0) is 28.4 Å². The van der Waals surface area contributed by atoms with Gasteiger partial charge >= 0.3 is 11.9 Å². The van der Waals surface area contributed by atoms with Crippen LogP contribution in [0, 0.1) is 47.1 Å². The largest absolute Gasteiger partial charge is 0.481 e. The zero-order valence-corrected chi connectivity index (χ0v) is 34.2. The number of nitrogens with one attached hydrogen (secondary N) is 2. The summed E-state index contributed by atoms with van der Waals surface area (Å²) in [4.78, 5) is 49.1. The molecular formula is C41H46Cl2F2N8O6. The number of ether oxygens (including phenoxy) is 1. The van der Waals surface area contributed by atoms with Crippen molar-refractivity contribution in [2.45, 2.75) is 63.2 Å². The third-order valence-corrected chi connectivity index (χ3v) is 13.3. The molecule has 4 unspecified atom stereocenters. The molecule has 4 fully saturated rings. The highest BCUT2D eigenvalue weighted by Gasteiger charge is 2.47. The molecule has 14 nitrogen and oxygen atoms in total. The van der Waals surface area contributed by atoms with Crippen molar-refractivity contribution in [1.29, 1.82) is 0 Å². The first-order valence-corrected chi connectivity index (χ1v) is 20.3. The number of carbonyl (C=O) groups is 4. The number of fused-ring (bicyclic) bond motifs is 2. The van der Waals surface area contributed by atoms with Gasteiger partial charge in [-0.25, -0.2) is 8.78 Å². The number of halogens is 4. The van der Waals surface area contributed by atoms with Gasteiger partial charge in [0.05, 0.1) is 40.4 Å². The lowest BCUT2D eigenvalue weighted by Crippen LogP contribution is -2.17. The summed E-state index contributed by atoms with van der Waals surface area (Å²) < 4.78 is 34.7. The van der Waals surface area contributed by atoms with Gasteiger partial charge in [-0.15, -0.1) is 0 Å².